The first-order valence-electron chi connectivity index (χ1n) is 11.0. The lowest BCUT2D eigenvalue weighted by molar-refractivity contribution is -0.142. The first-order valence-corrected chi connectivity index (χ1v) is 11.0. The summed E-state index contributed by atoms with van der Waals surface area (Å²) in [5.74, 6) is 1.93. The van der Waals surface area contributed by atoms with E-state index in [4.69, 9.17) is 14.2 Å². The minimum absolute atomic E-state index is 0.0266. The molecule has 0 radical (unpaired) electrons. The highest BCUT2D eigenvalue weighted by Crippen LogP contribution is 2.26. The Morgan fingerprint density at radius 3 is 2.41 bits per heavy atom. The highest BCUT2D eigenvalue weighted by Gasteiger charge is 2.11. The molecule has 0 unspecified atom stereocenters. The lowest BCUT2D eigenvalue weighted by atomic mass is 10.1. The number of hydrogen-bond donors (Lipinski definition) is 1. The van der Waals surface area contributed by atoms with Crippen LogP contribution in [0, 0.1) is 0 Å². The summed E-state index contributed by atoms with van der Waals surface area (Å²) < 4.78 is 16.6. The van der Waals surface area contributed by atoms with E-state index in [-0.39, 0.29) is 18.7 Å². The first kappa shape index (κ1) is 25.0. The quantitative estimate of drug-likeness (QED) is 0.333. The van der Waals surface area contributed by atoms with Gasteiger partial charge in [-0.2, -0.15) is 0 Å². The van der Waals surface area contributed by atoms with Crippen molar-refractivity contribution in [2.75, 3.05) is 12.4 Å². The van der Waals surface area contributed by atoms with Gasteiger partial charge in [-0.25, -0.2) is 4.98 Å². The number of ether oxygens (including phenoxy) is 3. The number of pyridine rings is 1. The monoisotopic (exact) mass is 438 g/mol. The van der Waals surface area contributed by atoms with Gasteiger partial charge in [0.2, 0.25) is 0 Å². The predicted molar refractivity (Wildman–Crippen MR) is 129 cm³/mol. The maximum Gasteiger partial charge on any atom is 0.302 e. The van der Waals surface area contributed by atoms with Gasteiger partial charge in [-0.05, 0) is 68.7 Å². The van der Waals surface area contributed by atoms with Crippen molar-refractivity contribution in [3.8, 4) is 5.75 Å². The van der Waals surface area contributed by atoms with Crippen molar-refractivity contribution in [1.29, 1.82) is 0 Å². The zero-order valence-corrected chi connectivity index (χ0v) is 19.9. The highest BCUT2D eigenvalue weighted by atomic mass is 16.5. The van der Waals surface area contributed by atoms with E-state index in [9.17, 15) is 4.79 Å². The van der Waals surface area contributed by atoms with Crippen LogP contribution >= 0.6 is 0 Å². The zero-order chi connectivity index (χ0) is 23.5. The Balaban J connectivity index is 2.34. The van der Waals surface area contributed by atoms with Gasteiger partial charge in [-0.3, -0.25) is 4.79 Å². The van der Waals surface area contributed by atoms with Crippen LogP contribution in [-0.2, 0) is 20.9 Å². The summed E-state index contributed by atoms with van der Waals surface area (Å²) in [6.07, 6.45) is 7.66. The maximum absolute atomic E-state index is 11.3. The van der Waals surface area contributed by atoms with Crippen LogP contribution in [0.1, 0.15) is 64.2 Å². The van der Waals surface area contributed by atoms with Gasteiger partial charge in [-0.1, -0.05) is 19.9 Å². The summed E-state index contributed by atoms with van der Waals surface area (Å²) >= 11 is 0. The van der Waals surface area contributed by atoms with Crippen molar-refractivity contribution < 1.29 is 19.0 Å². The first-order chi connectivity index (χ1) is 15.4. The molecule has 32 heavy (non-hydrogen) atoms. The number of carbonyl (C=O) groups is 1. The fourth-order valence-corrected chi connectivity index (χ4v) is 3.13. The third-order valence-electron chi connectivity index (χ3n) is 4.42. The summed E-state index contributed by atoms with van der Waals surface area (Å²) in [6.45, 7) is 9.69. The Morgan fingerprint density at radius 1 is 1.09 bits per heavy atom. The number of carbonyl (C=O) groups excluding carboxylic acids is 1. The van der Waals surface area contributed by atoms with E-state index in [1.54, 1.807) is 13.3 Å². The summed E-state index contributed by atoms with van der Waals surface area (Å²) in [5.41, 5.74) is 3.62. The zero-order valence-electron chi connectivity index (χ0n) is 19.9. The SMILES string of the molecule is CCC=C(Nc1ccc(C(=CCC)OC)cn1)c1cc(COC(C)=O)cc(OC(C)C)c1. The van der Waals surface area contributed by atoms with Crippen LogP contribution in [-0.4, -0.2) is 24.2 Å². The summed E-state index contributed by atoms with van der Waals surface area (Å²) in [5, 5.41) is 3.41. The third-order valence-corrected chi connectivity index (χ3v) is 4.42. The number of hydrogen-bond acceptors (Lipinski definition) is 6. The molecule has 0 aliphatic heterocycles. The van der Waals surface area contributed by atoms with Crippen molar-refractivity contribution in [2.45, 2.75) is 60.2 Å². The molecule has 2 aromatic rings. The van der Waals surface area contributed by atoms with Gasteiger partial charge >= 0.3 is 5.97 Å². The van der Waals surface area contributed by atoms with Gasteiger partial charge in [0.25, 0.3) is 0 Å². The average Bonchev–Trinajstić information content (AvgIpc) is 2.76. The molecule has 172 valence electrons. The van der Waals surface area contributed by atoms with Crippen molar-refractivity contribution >= 4 is 23.2 Å². The van der Waals surface area contributed by atoms with Crippen LogP contribution in [0.5, 0.6) is 5.75 Å². The normalized spacial score (nSPS) is 12.0. The Kier molecular flexibility index (Phi) is 9.79. The Hall–Kier alpha value is -3.28. The number of anilines is 1. The fourth-order valence-electron chi connectivity index (χ4n) is 3.13. The molecular weight excluding hydrogens is 404 g/mol. The molecule has 0 aliphatic rings. The van der Waals surface area contributed by atoms with E-state index in [2.05, 4.69) is 30.2 Å². The number of allylic oxidation sites excluding steroid dienone is 2. The van der Waals surface area contributed by atoms with E-state index in [0.29, 0.717) is 0 Å². The molecule has 0 saturated carbocycles. The lowest BCUT2D eigenvalue weighted by Crippen LogP contribution is -2.08. The molecule has 0 spiro atoms. The molecule has 1 heterocycles. The summed E-state index contributed by atoms with van der Waals surface area (Å²) in [4.78, 5) is 15.8. The molecule has 1 aromatic heterocycles. The number of rotatable bonds is 11. The number of aromatic nitrogens is 1. The largest absolute Gasteiger partial charge is 0.496 e. The van der Waals surface area contributed by atoms with Gasteiger partial charge in [0, 0.05) is 29.9 Å². The van der Waals surface area contributed by atoms with E-state index < -0.39 is 0 Å². The van der Waals surface area contributed by atoms with E-state index >= 15 is 0 Å². The number of nitrogens with one attached hydrogen (secondary N) is 1. The molecule has 6 heteroatoms. The molecule has 0 bridgehead atoms. The van der Waals surface area contributed by atoms with Crippen molar-refractivity contribution in [3.05, 3.63) is 65.4 Å². The van der Waals surface area contributed by atoms with Crippen LogP contribution in [0.15, 0.2) is 48.7 Å². The minimum Gasteiger partial charge on any atom is -0.496 e. The van der Waals surface area contributed by atoms with E-state index in [0.717, 1.165) is 52.6 Å². The van der Waals surface area contributed by atoms with Gasteiger partial charge in [0.15, 0.2) is 0 Å². The second-order valence-corrected chi connectivity index (χ2v) is 7.58. The van der Waals surface area contributed by atoms with Gasteiger partial charge in [-0.15, -0.1) is 0 Å². The van der Waals surface area contributed by atoms with Gasteiger partial charge in [0.05, 0.1) is 13.2 Å². The topological polar surface area (TPSA) is 69.7 Å². The van der Waals surface area contributed by atoms with Crippen LogP contribution in [0.25, 0.3) is 11.5 Å². The molecule has 2 rings (SSSR count). The van der Waals surface area contributed by atoms with Gasteiger partial charge in [0.1, 0.15) is 23.9 Å². The number of esters is 1. The molecular formula is C26H34N2O4. The molecule has 1 aromatic carbocycles. The lowest BCUT2D eigenvalue weighted by Gasteiger charge is -2.17. The smallest absolute Gasteiger partial charge is 0.302 e. The second-order valence-electron chi connectivity index (χ2n) is 7.58. The maximum atomic E-state index is 11.3. The molecule has 0 saturated heterocycles. The van der Waals surface area contributed by atoms with E-state index in [1.807, 2.05) is 50.3 Å². The number of nitrogens with zero attached hydrogens (tertiary/aromatic N) is 1. The third kappa shape index (κ3) is 7.76. The molecule has 0 atom stereocenters. The van der Waals surface area contributed by atoms with Crippen LogP contribution in [0.4, 0.5) is 5.82 Å². The van der Waals surface area contributed by atoms with Crippen molar-refractivity contribution in [1.82, 2.24) is 4.98 Å². The van der Waals surface area contributed by atoms with Crippen molar-refractivity contribution in [3.63, 3.8) is 0 Å². The van der Waals surface area contributed by atoms with Crippen molar-refractivity contribution in [2.24, 2.45) is 0 Å². The molecule has 0 amide bonds. The minimum atomic E-state index is -0.318. The Bertz CT molecular complexity index is 947. The van der Waals surface area contributed by atoms with Crippen LogP contribution < -0.4 is 10.1 Å². The predicted octanol–water partition coefficient (Wildman–Crippen LogP) is 6.19. The van der Waals surface area contributed by atoms with Crippen LogP contribution in [0.2, 0.25) is 0 Å². The second kappa shape index (κ2) is 12.5. The highest BCUT2D eigenvalue weighted by molar-refractivity contribution is 5.77. The molecule has 6 nitrogen and oxygen atoms in total. The fraction of sp³-hybridized carbons (Fsp3) is 0.385. The summed E-state index contributed by atoms with van der Waals surface area (Å²) in [7, 11) is 1.66. The average molecular weight is 439 g/mol. The standard InChI is InChI=1S/C26H34N2O4/c1-7-9-24(28-26-12-11-21(16-27-26)25(30-6)10-8-2)22-13-20(17-31-19(5)29)14-23(15-22)32-18(3)4/h9-16,18H,7-8,17H2,1-6H3,(H,27,28). The van der Waals surface area contributed by atoms with Gasteiger partial charge < -0.3 is 19.5 Å². The molecule has 0 aliphatic carbocycles. The van der Waals surface area contributed by atoms with E-state index in [1.165, 1.54) is 6.92 Å². The Morgan fingerprint density at radius 2 is 1.84 bits per heavy atom. The molecule has 1 N–H and O–H groups in total. The summed E-state index contributed by atoms with van der Waals surface area (Å²) in [6, 6.07) is 9.78. The number of benzene rings is 1. The number of methoxy groups -OCH3 is 1. The Labute approximate surface area is 191 Å². The molecule has 0 fully saturated rings. The van der Waals surface area contributed by atoms with Crippen LogP contribution in [0.3, 0.4) is 0 Å².